The molecule has 0 radical (unpaired) electrons. The fraction of sp³-hybridized carbons (Fsp3) is 0.600. The molecule has 1 atom stereocenters. The third-order valence-electron chi connectivity index (χ3n) is 3.56. The summed E-state index contributed by atoms with van der Waals surface area (Å²) in [6, 6.07) is 7.34. The lowest BCUT2D eigenvalue weighted by atomic mass is 9.86. The van der Waals surface area contributed by atoms with Crippen LogP contribution in [0.4, 0.5) is 0 Å². The van der Waals surface area contributed by atoms with Gasteiger partial charge in [0.2, 0.25) is 0 Å². The lowest BCUT2D eigenvalue weighted by Gasteiger charge is -2.36. The van der Waals surface area contributed by atoms with Gasteiger partial charge in [-0.05, 0) is 32.4 Å². The monoisotopic (exact) mass is 354 g/mol. The van der Waals surface area contributed by atoms with E-state index in [1.165, 1.54) is 6.42 Å². The summed E-state index contributed by atoms with van der Waals surface area (Å²) >= 11 is 0. The van der Waals surface area contributed by atoms with Crippen LogP contribution >= 0.6 is 0 Å². The summed E-state index contributed by atoms with van der Waals surface area (Å²) in [7, 11) is 1.58. The minimum Gasteiger partial charge on any atom is -0.493 e. The molecular weight excluding hydrogens is 320 g/mol. The summed E-state index contributed by atoms with van der Waals surface area (Å²) in [5.74, 6) is 1.29. The molecule has 144 valence electrons. The smallest absolute Gasteiger partial charge is 0.197 e. The summed E-state index contributed by atoms with van der Waals surface area (Å²) in [6.45, 7) is 13.7. The van der Waals surface area contributed by atoms with Crippen molar-refractivity contribution in [2.24, 2.45) is 5.41 Å². The maximum atomic E-state index is 8.58. The molecule has 2 rings (SSSR count). The van der Waals surface area contributed by atoms with Crippen LogP contribution in [0.3, 0.4) is 0 Å². The molecule has 1 saturated heterocycles. The van der Waals surface area contributed by atoms with E-state index in [-0.39, 0.29) is 13.2 Å². The number of hydrogen-bond donors (Lipinski definition) is 1. The van der Waals surface area contributed by atoms with Gasteiger partial charge in [-0.25, -0.2) is 0 Å². The molecular formula is C20H34O5. The first-order chi connectivity index (χ1) is 12.0. The number of aliphatic hydroxyl groups is 1. The molecule has 1 N–H and O–H groups in total. The Bertz CT molecular complexity index is 452. The Morgan fingerprint density at radius 3 is 2.24 bits per heavy atom. The molecule has 1 aliphatic heterocycles. The molecule has 0 spiro atoms. The fourth-order valence-corrected chi connectivity index (χ4v) is 1.80. The molecule has 1 heterocycles. The highest BCUT2D eigenvalue weighted by Gasteiger charge is 2.30. The molecule has 0 aromatic heterocycles. The second kappa shape index (κ2) is 13.7. The number of ether oxygens (including phenoxy) is 4. The van der Waals surface area contributed by atoms with Gasteiger partial charge in [0.25, 0.3) is 0 Å². The first-order valence-corrected chi connectivity index (χ1v) is 8.63. The van der Waals surface area contributed by atoms with Crippen LogP contribution in [-0.2, 0) is 9.47 Å². The predicted octanol–water partition coefficient (Wildman–Crippen LogP) is 4.05. The standard InChI is InChI=1S/C11H16O4.C6H12O.C3H6/c1-9(14-8-7-12)15-11-6-4-3-5-10(11)13-2;1-3-6(2)4-7-5-6;1-3-2/h3-6,9,12H,7-8H2,1-2H3;3-5H2,1-2H3;3H,1H2,2H3. The summed E-state index contributed by atoms with van der Waals surface area (Å²) in [5, 5.41) is 8.58. The van der Waals surface area contributed by atoms with E-state index in [0.29, 0.717) is 16.9 Å². The Labute approximate surface area is 152 Å². The lowest BCUT2D eigenvalue weighted by Crippen LogP contribution is -2.38. The first-order valence-electron chi connectivity index (χ1n) is 8.63. The van der Waals surface area contributed by atoms with Gasteiger partial charge >= 0.3 is 0 Å². The van der Waals surface area contributed by atoms with Crippen LogP contribution in [0.25, 0.3) is 0 Å². The SMILES string of the molecule is C=CC.CCC1(C)COC1.COc1ccccc1OC(C)OCCO. The molecule has 0 bridgehead atoms. The molecule has 1 aliphatic rings. The van der Waals surface area contributed by atoms with Crippen molar-refractivity contribution in [1.29, 1.82) is 0 Å². The van der Waals surface area contributed by atoms with Gasteiger partial charge < -0.3 is 24.1 Å². The Morgan fingerprint density at radius 2 is 1.88 bits per heavy atom. The zero-order valence-electron chi connectivity index (χ0n) is 16.3. The average molecular weight is 354 g/mol. The minimum absolute atomic E-state index is 0.0143. The van der Waals surface area contributed by atoms with Gasteiger partial charge in [0, 0.05) is 5.41 Å². The van der Waals surface area contributed by atoms with E-state index in [2.05, 4.69) is 20.4 Å². The normalized spacial score (nSPS) is 15.3. The number of rotatable bonds is 7. The second-order valence-electron chi connectivity index (χ2n) is 6.00. The van der Waals surface area contributed by atoms with E-state index < -0.39 is 6.29 Å². The van der Waals surface area contributed by atoms with Gasteiger partial charge in [0.05, 0.1) is 33.5 Å². The van der Waals surface area contributed by atoms with Crippen LogP contribution in [0.1, 0.15) is 34.1 Å². The molecule has 1 unspecified atom stereocenters. The number of para-hydroxylation sites is 2. The maximum absolute atomic E-state index is 8.58. The highest BCUT2D eigenvalue weighted by atomic mass is 16.7. The van der Waals surface area contributed by atoms with E-state index in [9.17, 15) is 0 Å². The number of allylic oxidation sites excluding steroid dienone is 1. The van der Waals surface area contributed by atoms with Crippen LogP contribution in [0.5, 0.6) is 11.5 Å². The summed E-state index contributed by atoms with van der Waals surface area (Å²) in [4.78, 5) is 0. The topological polar surface area (TPSA) is 57.2 Å². The highest BCUT2D eigenvalue weighted by Crippen LogP contribution is 2.29. The van der Waals surface area contributed by atoms with Crippen molar-refractivity contribution in [1.82, 2.24) is 0 Å². The number of benzene rings is 1. The summed E-state index contributed by atoms with van der Waals surface area (Å²) in [6.07, 6.45) is 2.60. The lowest BCUT2D eigenvalue weighted by molar-refractivity contribution is -0.103. The fourth-order valence-electron chi connectivity index (χ4n) is 1.80. The third-order valence-corrected chi connectivity index (χ3v) is 3.56. The van der Waals surface area contributed by atoms with Gasteiger partial charge in [-0.2, -0.15) is 0 Å². The molecule has 0 aliphatic carbocycles. The van der Waals surface area contributed by atoms with Gasteiger partial charge in [0.1, 0.15) is 0 Å². The zero-order valence-corrected chi connectivity index (χ0v) is 16.3. The average Bonchev–Trinajstić information content (AvgIpc) is 2.59. The highest BCUT2D eigenvalue weighted by molar-refractivity contribution is 5.39. The molecule has 5 nitrogen and oxygen atoms in total. The van der Waals surface area contributed by atoms with Gasteiger partial charge in [-0.3, -0.25) is 0 Å². The molecule has 5 heteroatoms. The van der Waals surface area contributed by atoms with Crippen molar-refractivity contribution >= 4 is 0 Å². The number of methoxy groups -OCH3 is 1. The zero-order chi connectivity index (χ0) is 19.1. The molecule has 25 heavy (non-hydrogen) atoms. The van der Waals surface area contributed by atoms with E-state index in [1.54, 1.807) is 26.2 Å². The quantitative estimate of drug-likeness (QED) is 0.591. The van der Waals surface area contributed by atoms with Crippen molar-refractivity contribution in [3.8, 4) is 11.5 Å². The van der Waals surface area contributed by atoms with Crippen molar-refractivity contribution in [3.05, 3.63) is 36.9 Å². The van der Waals surface area contributed by atoms with Crippen molar-refractivity contribution in [2.45, 2.75) is 40.4 Å². The summed E-state index contributed by atoms with van der Waals surface area (Å²) in [5.41, 5.74) is 0.542. The van der Waals surface area contributed by atoms with Gasteiger partial charge in [-0.1, -0.05) is 32.1 Å². The van der Waals surface area contributed by atoms with Crippen molar-refractivity contribution in [3.63, 3.8) is 0 Å². The van der Waals surface area contributed by atoms with E-state index in [0.717, 1.165) is 13.2 Å². The van der Waals surface area contributed by atoms with E-state index in [1.807, 2.05) is 25.1 Å². The molecule has 1 aromatic rings. The Kier molecular flexibility index (Phi) is 12.8. The molecule has 0 amide bonds. The maximum Gasteiger partial charge on any atom is 0.197 e. The Morgan fingerprint density at radius 1 is 1.32 bits per heavy atom. The van der Waals surface area contributed by atoms with E-state index >= 15 is 0 Å². The van der Waals surface area contributed by atoms with Crippen LogP contribution in [0, 0.1) is 5.41 Å². The van der Waals surface area contributed by atoms with Crippen LogP contribution in [0.2, 0.25) is 0 Å². The Hall–Kier alpha value is -1.56. The molecule has 1 aromatic carbocycles. The summed E-state index contributed by atoms with van der Waals surface area (Å²) < 4.78 is 20.8. The van der Waals surface area contributed by atoms with Gasteiger partial charge in [-0.15, -0.1) is 6.58 Å². The van der Waals surface area contributed by atoms with Crippen LogP contribution in [-0.4, -0.2) is 44.9 Å². The third kappa shape index (κ3) is 10.1. The predicted molar refractivity (Wildman–Crippen MR) is 101 cm³/mol. The number of aliphatic hydroxyl groups excluding tert-OH is 1. The van der Waals surface area contributed by atoms with Gasteiger partial charge in [0.15, 0.2) is 17.8 Å². The van der Waals surface area contributed by atoms with E-state index in [4.69, 9.17) is 24.1 Å². The Balaban J connectivity index is 0.000000475. The molecule has 1 fully saturated rings. The first kappa shape index (κ1) is 23.4. The largest absolute Gasteiger partial charge is 0.493 e. The number of hydrogen-bond acceptors (Lipinski definition) is 5. The molecule has 0 saturated carbocycles. The van der Waals surface area contributed by atoms with Crippen molar-refractivity contribution in [2.75, 3.05) is 33.5 Å². The van der Waals surface area contributed by atoms with Crippen LogP contribution < -0.4 is 9.47 Å². The minimum atomic E-state index is -0.409. The van der Waals surface area contributed by atoms with Crippen molar-refractivity contribution < 1.29 is 24.1 Å². The second-order valence-corrected chi connectivity index (χ2v) is 6.00. The van der Waals surface area contributed by atoms with Crippen LogP contribution in [0.15, 0.2) is 36.9 Å².